The van der Waals surface area contributed by atoms with Gasteiger partial charge < -0.3 is 30.6 Å². The van der Waals surface area contributed by atoms with Crippen LogP contribution < -0.4 is 11.1 Å². The number of hydrogen-bond donors (Lipinski definition) is 4. The molecule has 12 heteroatoms. The Morgan fingerprint density at radius 2 is 1.76 bits per heavy atom. The van der Waals surface area contributed by atoms with Crippen molar-refractivity contribution in [3.05, 3.63) is 82.2 Å². The van der Waals surface area contributed by atoms with Crippen molar-refractivity contribution in [1.82, 2.24) is 15.2 Å². The van der Waals surface area contributed by atoms with Crippen LogP contribution in [0.3, 0.4) is 0 Å². The number of H-pyrrole nitrogens is 1. The van der Waals surface area contributed by atoms with Gasteiger partial charge in [0.2, 0.25) is 6.79 Å². The van der Waals surface area contributed by atoms with Gasteiger partial charge in [-0.1, -0.05) is 6.07 Å². The SMILES string of the molecule is CCNC(=O)c1ccc(C)c(N=C(N)c2[nH]cc(C(=O)N(C(=O)OCOC(=O)c3ccc(O)cc3)C3CC3)c2C)c1. The highest BCUT2D eigenvalue weighted by Gasteiger charge is 2.40. The predicted molar refractivity (Wildman–Crippen MR) is 149 cm³/mol. The number of amidine groups is 1. The zero-order chi connectivity index (χ0) is 29.7. The Morgan fingerprint density at radius 1 is 1.07 bits per heavy atom. The highest BCUT2D eigenvalue weighted by Crippen LogP contribution is 2.30. The molecule has 41 heavy (non-hydrogen) atoms. The standard InChI is InChI=1S/C29H31N5O7/c1-4-31-26(36)19-6-5-16(2)23(13-19)33-25(30)24-17(3)22(14-32-24)27(37)34(20-9-10-20)29(39)41-15-40-28(38)18-7-11-21(35)12-8-18/h5-8,11-14,20,32,35H,4,9-10,15H2,1-3H3,(H2,30,33)(H,31,36). The van der Waals surface area contributed by atoms with E-state index in [1.165, 1.54) is 30.5 Å². The molecule has 0 saturated heterocycles. The number of esters is 1. The lowest BCUT2D eigenvalue weighted by molar-refractivity contribution is -0.0110. The number of aromatic amines is 1. The second-order valence-electron chi connectivity index (χ2n) is 9.47. The average Bonchev–Trinajstić information content (AvgIpc) is 3.69. The first kappa shape index (κ1) is 28.9. The molecule has 214 valence electrons. The summed E-state index contributed by atoms with van der Waals surface area (Å²) < 4.78 is 10.1. The smallest absolute Gasteiger partial charge is 0.419 e. The highest BCUT2D eigenvalue weighted by molar-refractivity contribution is 6.08. The monoisotopic (exact) mass is 561 g/mol. The minimum Gasteiger partial charge on any atom is -0.508 e. The summed E-state index contributed by atoms with van der Waals surface area (Å²) in [5.41, 5.74) is 9.27. The van der Waals surface area contributed by atoms with Gasteiger partial charge in [-0.25, -0.2) is 19.5 Å². The molecule has 1 heterocycles. The number of amides is 3. The van der Waals surface area contributed by atoms with Crippen LogP contribution in [-0.4, -0.2) is 64.1 Å². The molecule has 1 aliphatic carbocycles. The van der Waals surface area contributed by atoms with E-state index in [1.807, 2.05) is 13.8 Å². The molecule has 2 aromatic carbocycles. The van der Waals surface area contributed by atoms with Gasteiger partial charge in [-0.15, -0.1) is 0 Å². The van der Waals surface area contributed by atoms with Gasteiger partial charge in [-0.2, -0.15) is 0 Å². The number of carbonyl (C=O) groups excluding carboxylic acids is 4. The van der Waals surface area contributed by atoms with Crippen LogP contribution in [0.15, 0.2) is 53.7 Å². The zero-order valence-corrected chi connectivity index (χ0v) is 22.9. The molecule has 0 spiro atoms. The van der Waals surface area contributed by atoms with Gasteiger partial charge in [0.05, 0.1) is 22.5 Å². The minimum absolute atomic E-state index is 0.0106. The van der Waals surface area contributed by atoms with Crippen LogP contribution in [0.25, 0.3) is 0 Å². The normalized spacial score (nSPS) is 12.9. The Hall–Kier alpha value is -5.13. The number of phenols is 1. The summed E-state index contributed by atoms with van der Waals surface area (Å²) in [6.45, 7) is 5.14. The number of aliphatic imine (C=N–C) groups is 1. The second kappa shape index (κ2) is 12.4. The maximum atomic E-state index is 13.4. The Balaban J connectivity index is 1.46. The van der Waals surface area contributed by atoms with E-state index < -0.39 is 24.8 Å². The molecule has 3 amide bonds. The van der Waals surface area contributed by atoms with Crippen LogP contribution in [0.1, 0.15) is 67.7 Å². The van der Waals surface area contributed by atoms with Crippen molar-refractivity contribution in [3.63, 3.8) is 0 Å². The van der Waals surface area contributed by atoms with E-state index in [0.29, 0.717) is 41.9 Å². The lowest BCUT2D eigenvalue weighted by Crippen LogP contribution is -2.39. The molecule has 1 aromatic heterocycles. The van der Waals surface area contributed by atoms with Crippen LogP contribution in [0.5, 0.6) is 5.75 Å². The fourth-order valence-corrected chi connectivity index (χ4v) is 4.05. The number of ether oxygens (including phenoxy) is 2. The molecule has 1 fully saturated rings. The van der Waals surface area contributed by atoms with Crippen molar-refractivity contribution in [2.24, 2.45) is 10.7 Å². The number of benzene rings is 2. The Bertz CT molecular complexity index is 1510. The van der Waals surface area contributed by atoms with Gasteiger partial charge >= 0.3 is 12.1 Å². The first-order valence-corrected chi connectivity index (χ1v) is 13.0. The van der Waals surface area contributed by atoms with Gasteiger partial charge in [0.25, 0.3) is 11.8 Å². The molecule has 0 radical (unpaired) electrons. The zero-order valence-electron chi connectivity index (χ0n) is 22.9. The van der Waals surface area contributed by atoms with E-state index in [9.17, 15) is 24.3 Å². The number of phenolic OH excluding ortho intramolecular Hbond substituents is 1. The van der Waals surface area contributed by atoms with Gasteiger partial charge in [0.1, 0.15) is 11.6 Å². The summed E-state index contributed by atoms with van der Waals surface area (Å²) >= 11 is 0. The Kier molecular flexibility index (Phi) is 8.71. The maximum Gasteiger partial charge on any atom is 0.419 e. The van der Waals surface area contributed by atoms with E-state index in [-0.39, 0.29) is 34.7 Å². The third-order valence-corrected chi connectivity index (χ3v) is 6.48. The quantitative estimate of drug-likeness (QED) is 0.132. The molecule has 0 unspecified atom stereocenters. The van der Waals surface area contributed by atoms with Crippen LogP contribution >= 0.6 is 0 Å². The summed E-state index contributed by atoms with van der Waals surface area (Å²) in [6, 6.07) is 10.1. The molecule has 1 aliphatic rings. The number of imide groups is 1. The lowest BCUT2D eigenvalue weighted by Gasteiger charge is -2.20. The number of hydrogen-bond acceptors (Lipinski definition) is 8. The molecule has 0 aliphatic heterocycles. The van der Waals surface area contributed by atoms with Crippen molar-refractivity contribution in [3.8, 4) is 5.75 Å². The molecule has 0 atom stereocenters. The van der Waals surface area contributed by atoms with Gasteiger partial charge in [-0.05, 0) is 81.1 Å². The van der Waals surface area contributed by atoms with E-state index in [4.69, 9.17) is 15.2 Å². The van der Waals surface area contributed by atoms with E-state index in [1.54, 1.807) is 25.1 Å². The molecule has 5 N–H and O–H groups in total. The van der Waals surface area contributed by atoms with Crippen molar-refractivity contribution in [2.75, 3.05) is 13.3 Å². The molecule has 12 nitrogen and oxygen atoms in total. The number of nitrogens with two attached hydrogens (primary N) is 1. The third-order valence-electron chi connectivity index (χ3n) is 6.48. The highest BCUT2D eigenvalue weighted by atomic mass is 16.7. The van der Waals surface area contributed by atoms with Gasteiger partial charge in [0, 0.05) is 24.3 Å². The fraction of sp³-hybridized carbons (Fsp3) is 0.276. The molecule has 0 bridgehead atoms. The Labute approximate surface area is 236 Å². The largest absolute Gasteiger partial charge is 0.508 e. The second-order valence-corrected chi connectivity index (χ2v) is 9.47. The van der Waals surface area contributed by atoms with Crippen molar-refractivity contribution < 1.29 is 33.8 Å². The topological polar surface area (TPSA) is 176 Å². The minimum atomic E-state index is -0.947. The first-order chi connectivity index (χ1) is 19.6. The number of nitrogens with zero attached hydrogens (tertiary/aromatic N) is 2. The van der Waals surface area contributed by atoms with Crippen molar-refractivity contribution in [1.29, 1.82) is 0 Å². The number of carbonyl (C=O) groups is 4. The molecular formula is C29H31N5O7. The van der Waals surface area contributed by atoms with Gasteiger partial charge in [-0.3, -0.25) is 9.59 Å². The summed E-state index contributed by atoms with van der Waals surface area (Å²) in [5.74, 6) is -1.49. The molecule has 3 aromatic rings. The summed E-state index contributed by atoms with van der Waals surface area (Å²) in [4.78, 5) is 59.1. The summed E-state index contributed by atoms with van der Waals surface area (Å²) in [5, 5.41) is 12.1. The number of aryl methyl sites for hydroxylation is 1. The molecule has 4 rings (SSSR count). The van der Waals surface area contributed by atoms with Crippen LogP contribution in [0, 0.1) is 13.8 Å². The Morgan fingerprint density at radius 3 is 2.41 bits per heavy atom. The molecule has 1 saturated carbocycles. The predicted octanol–water partition coefficient (Wildman–Crippen LogP) is 3.68. The van der Waals surface area contributed by atoms with Crippen LogP contribution in [-0.2, 0) is 9.47 Å². The van der Waals surface area contributed by atoms with Crippen molar-refractivity contribution in [2.45, 2.75) is 39.7 Å². The molecular weight excluding hydrogens is 530 g/mol. The number of rotatable bonds is 9. The lowest BCUT2D eigenvalue weighted by atomic mass is 10.1. The fourth-order valence-electron chi connectivity index (χ4n) is 4.05. The van der Waals surface area contributed by atoms with E-state index in [0.717, 1.165) is 10.5 Å². The third kappa shape index (κ3) is 6.72. The van der Waals surface area contributed by atoms with Crippen LogP contribution in [0.2, 0.25) is 0 Å². The van der Waals surface area contributed by atoms with Gasteiger partial charge in [0.15, 0.2) is 0 Å². The van der Waals surface area contributed by atoms with E-state index >= 15 is 0 Å². The number of aromatic hydroxyl groups is 1. The van der Waals surface area contributed by atoms with Crippen molar-refractivity contribution >= 4 is 35.4 Å². The summed E-state index contributed by atoms with van der Waals surface area (Å²) in [6.07, 6.45) is 1.74. The maximum absolute atomic E-state index is 13.4. The summed E-state index contributed by atoms with van der Waals surface area (Å²) in [7, 11) is 0. The number of aromatic nitrogens is 1. The van der Waals surface area contributed by atoms with Crippen LogP contribution in [0.4, 0.5) is 10.5 Å². The average molecular weight is 562 g/mol. The van der Waals surface area contributed by atoms with E-state index in [2.05, 4.69) is 15.3 Å². The number of nitrogens with one attached hydrogen (secondary N) is 2. The first-order valence-electron chi connectivity index (χ1n) is 13.0.